The van der Waals surface area contributed by atoms with Crippen molar-refractivity contribution in [2.45, 2.75) is 99.0 Å². The van der Waals surface area contributed by atoms with Crippen molar-refractivity contribution in [3.8, 4) is 12.8 Å². The summed E-state index contributed by atoms with van der Waals surface area (Å²) in [5.74, 6) is 0.0526. The zero-order chi connectivity index (χ0) is 32.6. The van der Waals surface area contributed by atoms with Gasteiger partial charge in [0.2, 0.25) is 0 Å². The molecule has 2 rings (SSSR count). The number of carboxylic acids is 1. The zero-order valence-corrected chi connectivity index (χ0v) is 28.1. The van der Waals surface area contributed by atoms with E-state index in [-0.39, 0.29) is 6.03 Å². The summed E-state index contributed by atoms with van der Waals surface area (Å²) < 4.78 is 0. The van der Waals surface area contributed by atoms with Crippen molar-refractivity contribution in [2.75, 3.05) is 58.2 Å². The summed E-state index contributed by atoms with van der Waals surface area (Å²) in [5.41, 5.74) is 3.67. The molecule has 3 N–H and O–H groups in total. The van der Waals surface area contributed by atoms with Crippen molar-refractivity contribution in [1.29, 1.82) is 0 Å². The van der Waals surface area contributed by atoms with Crippen LogP contribution in [0.5, 0.6) is 0 Å². The summed E-state index contributed by atoms with van der Waals surface area (Å²) in [6.45, 7) is 17.6. The van der Waals surface area contributed by atoms with Gasteiger partial charge < -0.3 is 30.4 Å². The summed E-state index contributed by atoms with van der Waals surface area (Å²) in [6, 6.07) is 3.13. The average molecular weight is 601 g/mol. The highest BCUT2D eigenvalue weighted by Crippen LogP contribution is 2.20. The Kier molecular flexibility index (Phi) is 22.4. The highest BCUT2D eigenvalue weighted by molar-refractivity contribution is 5.82. The maximum atomic E-state index is 12.5. The van der Waals surface area contributed by atoms with E-state index in [0.29, 0.717) is 26.1 Å². The lowest BCUT2D eigenvalue weighted by Crippen LogP contribution is -2.49. The second-order valence-corrected chi connectivity index (χ2v) is 10.8. The molecule has 0 radical (unpaired) electrons. The summed E-state index contributed by atoms with van der Waals surface area (Å²) >= 11 is 0. The predicted molar refractivity (Wildman–Crippen MR) is 180 cm³/mol. The van der Waals surface area contributed by atoms with Gasteiger partial charge in [0.05, 0.1) is 0 Å². The van der Waals surface area contributed by atoms with E-state index >= 15 is 0 Å². The van der Waals surface area contributed by atoms with E-state index in [1.807, 2.05) is 13.8 Å². The van der Waals surface area contributed by atoms with E-state index in [2.05, 4.69) is 86.2 Å². The lowest BCUT2D eigenvalue weighted by Gasteiger charge is -2.28. The summed E-state index contributed by atoms with van der Waals surface area (Å²) in [7, 11) is 2.10. The number of amides is 2. The molecule has 2 heterocycles. The van der Waals surface area contributed by atoms with Gasteiger partial charge in [-0.15, -0.1) is 12.8 Å². The maximum Gasteiger partial charge on any atom is 0.326 e. The number of hydrogen-bond acceptors (Lipinski definition) is 6. The minimum Gasteiger partial charge on any atom is -0.480 e. The van der Waals surface area contributed by atoms with Gasteiger partial charge in [-0.05, 0) is 83.9 Å². The fourth-order valence-electron chi connectivity index (χ4n) is 4.72. The van der Waals surface area contributed by atoms with Gasteiger partial charge in [0.25, 0.3) is 0 Å². The van der Waals surface area contributed by atoms with Crippen LogP contribution >= 0.6 is 0 Å². The maximum absolute atomic E-state index is 12.5. The molecular formula is C34H60N6O3. The first kappa shape index (κ1) is 39.8. The minimum absolute atomic E-state index is 0.318. The molecule has 1 unspecified atom stereocenters. The van der Waals surface area contributed by atoms with Gasteiger partial charge in [0, 0.05) is 57.7 Å². The first-order valence-electron chi connectivity index (χ1n) is 16.1. The van der Waals surface area contributed by atoms with Crippen molar-refractivity contribution in [3.05, 3.63) is 35.2 Å². The van der Waals surface area contributed by atoms with Gasteiger partial charge in [-0.3, -0.25) is 0 Å². The number of rotatable bonds is 17. The number of aromatic nitrogens is 1. The Bertz CT molecular complexity index is 961. The third-order valence-electron chi connectivity index (χ3n) is 7.34. The SMILES string of the molecule is C#C.CC/C=C(/C)N(C)CCN(CCCCc1ccc2c(n1)NCCC2)CCC(NC(=O)N(CC)CC)C(=O)O.CCC. The summed E-state index contributed by atoms with van der Waals surface area (Å²) in [5, 5.41) is 15.9. The molecule has 1 aromatic rings. The molecule has 0 saturated heterocycles. The fraction of sp³-hybridized carbons (Fsp3) is 0.676. The fourth-order valence-corrected chi connectivity index (χ4v) is 4.72. The van der Waals surface area contributed by atoms with Crippen molar-refractivity contribution < 1.29 is 14.7 Å². The largest absolute Gasteiger partial charge is 0.480 e. The van der Waals surface area contributed by atoms with Crippen LogP contribution in [-0.4, -0.2) is 95.7 Å². The van der Waals surface area contributed by atoms with Crippen molar-refractivity contribution in [3.63, 3.8) is 0 Å². The molecule has 2 amide bonds. The van der Waals surface area contributed by atoms with Crippen molar-refractivity contribution >= 4 is 17.8 Å². The number of aryl methyl sites for hydroxylation is 2. The number of carbonyl (C=O) groups excluding carboxylic acids is 1. The van der Waals surface area contributed by atoms with Gasteiger partial charge in [-0.1, -0.05) is 39.3 Å². The Balaban J connectivity index is 0.00000331. The molecule has 1 aromatic heterocycles. The lowest BCUT2D eigenvalue weighted by atomic mass is 10.1. The number of carbonyl (C=O) groups is 2. The topological polar surface area (TPSA) is 101 Å². The number of likely N-dealkylation sites (N-methyl/N-ethyl adjacent to an activating group) is 1. The van der Waals surface area contributed by atoms with Gasteiger partial charge in [-0.25, -0.2) is 14.6 Å². The molecule has 1 aliphatic rings. The van der Waals surface area contributed by atoms with E-state index in [4.69, 9.17) is 4.98 Å². The number of nitrogens with zero attached hydrogens (tertiary/aromatic N) is 4. The molecule has 0 bridgehead atoms. The number of terminal acetylenes is 1. The Labute approximate surface area is 262 Å². The van der Waals surface area contributed by atoms with E-state index in [1.165, 1.54) is 17.7 Å². The van der Waals surface area contributed by atoms with Crippen molar-refractivity contribution in [2.24, 2.45) is 0 Å². The van der Waals surface area contributed by atoms with Crippen LogP contribution in [0.25, 0.3) is 0 Å². The number of fused-ring (bicyclic) bond motifs is 1. The number of unbranched alkanes of at least 4 members (excludes halogenated alkanes) is 1. The van der Waals surface area contributed by atoms with E-state index in [9.17, 15) is 14.7 Å². The highest BCUT2D eigenvalue weighted by atomic mass is 16.4. The third-order valence-corrected chi connectivity index (χ3v) is 7.34. The molecule has 9 heteroatoms. The Morgan fingerprint density at radius 1 is 1.07 bits per heavy atom. The minimum atomic E-state index is -0.989. The van der Waals surface area contributed by atoms with Crippen LogP contribution in [0.1, 0.15) is 91.3 Å². The second-order valence-electron chi connectivity index (χ2n) is 10.8. The van der Waals surface area contributed by atoms with Crippen molar-refractivity contribution in [1.82, 2.24) is 25.0 Å². The number of urea groups is 1. The standard InChI is InChI=1S/C29H50N6O3.C3H8.C2H2/c1-6-12-23(4)33(5)21-22-34(20-17-26(28(36)37)32-29(38)35(7-2)8-3)19-10-9-14-25-16-15-24-13-11-18-30-27(24)31-25;1-3-2;1-2/h12,15-16,26H,6-11,13-14,17-22H2,1-5H3,(H,30,31)(H,32,38)(H,36,37);3H2,1-2H3;1-2H/b23-12-;;. The van der Waals surface area contributed by atoms with Crippen LogP contribution < -0.4 is 10.6 Å². The van der Waals surface area contributed by atoms with Gasteiger partial charge in [-0.2, -0.15) is 0 Å². The summed E-state index contributed by atoms with van der Waals surface area (Å²) in [6.07, 6.45) is 18.0. The molecule has 1 aliphatic heterocycles. The molecule has 0 aromatic carbocycles. The molecule has 9 nitrogen and oxygen atoms in total. The van der Waals surface area contributed by atoms with Gasteiger partial charge >= 0.3 is 12.0 Å². The van der Waals surface area contributed by atoms with E-state index in [1.54, 1.807) is 4.90 Å². The predicted octanol–water partition coefficient (Wildman–Crippen LogP) is 5.87. The molecule has 43 heavy (non-hydrogen) atoms. The van der Waals surface area contributed by atoms with Crippen LogP contribution in [0, 0.1) is 12.8 Å². The lowest BCUT2D eigenvalue weighted by molar-refractivity contribution is -0.139. The van der Waals surface area contributed by atoms with Gasteiger partial charge in [0.1, 0.15) is 11.9 Å². The number of allylic oxidation sites excluding steroid dienone is 2. The molecule has 244 valence electrons. The number of nitrogens with one attached hydrogen (secondary N) is 2. The number of aliphatic carboxylic acids is 1. The monoisotopic (exact) mass is 600 g/mol. The quantitative estimate of drug-likeness (QED) is 0.152. The Morgan fingerprint density at radius 2 is 1.74 bits per heavy atom. The van der Waals surface area contributed by atoms with E-state index in [0.717, 1.165) is 76.2 Å². The number of hydrogen-bond donors (Lipinski definition) is 3. The molecule has 1 atom stereocenters. The first-order chi connectivity index (χ1) is 20.7. The average Bonchev–Trinajstić information content (AvgIpc) is 3.01. The van der Waals surface area contributed by atoms with Crippen LogP contribution in [0.3, 0.4) is 0 Å². The van der Waals surface area contributed by atoms with Crippen LogP contribution in [-0.2, 0) is 17.6 Å². The van der Waals surface area contributed by atoms with Gasteiger partial charge in [0.15, 0.2) is 0 Å². The molecule has 0 aliphatic carbocycles. The zero-order valence-electron chi connectivity index (χ0n) is 28.1. The molecule has 0 fully saturated rings. The molecule has 0 saturated carbocycles. The Hall–Kier alpha value is -3.25. The normalized spacial score (nSPS) is 12.8. The first-order valence-corrected chi connectivity index (χ1v) is 16.1. The van der Waals surface area contributed by atoms with Crippen LogP contribution in [0.4, 0.5) is 10.6 Å². The third kappa shape index (κ3) is 16.3. The molecular weight excluding hydrogens is 540 g/mol. The number of carboxylic acid groups (broad SMARTS) is 1. The molecule has 0 spiro atoms. The van der Waals surface area contributed by atoms with Crippen LogP contribution in [0.2, 0.25) is 0 Å². The smallest absolute Gasteiger partial charge is 0.326 e. The highest BCUT2D eigenvalue weighted by Gasteiger charge is 2.23. The Morgan fingerprint density at radius 3 is 2.35 bits per heavy atom. The number of anilines is 1. The second kappa shape index (κ2) is 24.2. The van der Waals surface area contributed by atoms with Crippen LogP contribution in [0.15, 0.2) is 23.9 Å². The number of pyridine rings is 1. The van der Waals surface area contributed by atoms with E-state index < -0.39 is 12.0 Å². The summed E-state index contributed by atoms with van der Waals surface area (Å²) in [4.78, 5) is 35.4.